The van der Waals surface area contributed by atoms with Gasteiger partial charge < -0.3 is 9.84 Å². The van der Waals surface area contributed by atoms with Crippen LogP contribution in [-0.4, -0.2) is 59.3 Å². The Morgan fingerprint density at radius 2 is 2.10 bits per heavy atom. The summed E-state index contributed by atoms with van der Waals surface area (Å²) in [4.78, 5) is 13.5. The molecule has 1 aromatic heterocycles. The number of rotatable bonds is 6. The van der Waals surface area contributed by atoms with E-state index in [9.17, 15) is 18.3 Å². The van der Waals surface area contributed by atoms with Crippen molar-refractivity contribution < 1.29 is 23.1 Å². The van der Waals surface area contributed by atoms with E-state index < -0.39 is 21.4 Å². The largest absolute Gasteiger partial charge is 0.482 e. The number of hydrogen-bond donors (Lipinski definition) is 1. The second-order valence-corrected chi connectivity index (χ2v) is 10.8. The van der Waals surface area contributed by atoms with Crippen LogP contribution >= 0.6 is 11.6 Å². The van der Waals surface area contributed by atoms with Gasteiger partial charge in [-0.1, -0.05) is 11.6 Å². The summed E-state index contributed by atoms with van der Waals surface area (Å²) in [5.74, 6) is -0.607. The lowest BCUT2D eigenvalue weighted by atomic mass is 9.83. The lowest BCUT2D eigenvalue weighted by Gasteiger charge is -2.39. The monoisotopic (exact) mass is 465 g/mol. The molecule has 1 aromatic carbocycles. The highest BCUT2D eigenvalue weighted by molar-refractivity contribution is 7.90. The van der Waals surface area contributed by atoms with E-state index in [2.05, 4.69) is 10.00 Å². The van der Waals surface area contributed by atoms with Gasteiger partial charge >= 0.3 is 5.97 Å². The summed E-state index contributed by atoms with van der Waals surface area (Å²) in [5, 5.41) is 14.1. The molecule has 166 valence electrons. The highest BCUT2D eigenvalue weighted by Gasteiger charge is 2.45. The van der Waals surface area contributed by atoms with Crippen molar-refractivity contribution in [2.45, 2.75) is 31.5 Å². The second kappa shape index (κ2) is 8.29. The van der Waals surface area contributed by atoms with Crippen LogP contribution in [0.5, 0.6) is 0 Å². The molecule has 2 aromatic rings. The van der Waals surface area contributed by atoms with Gasteiger partial charge in [0, 0.05) is 66.6 Å². The van der Waals surface area contributed by atoms with Crippen molar-refractivity contribution in [1.82, 2.24) is 14.7 Å². The fourth-order valence-corrected chi connectivity index (χ4v) is 4.91. The smallest absolute Gasteiger partial charge is 0.332 e. The number of carboxylic acids is 1. The van der Waals surface area contributed by atoms with Crippen LogP contribution in [0.1, 0.15) is 29.5 Å². The molecule has 3 heterocycles. The quantitative estimate of drug-likeness (QED) is 0.654. The normalized spacial score (nSPS) is 19.5. The number of hydrogen-bond acceptors (Lipinski definition) is 6. The molecule has 31 heavy (non-hydrogen) atoms. The van der Waals surface area contributed by atoms with Gasteiger partial charge in [0.2, 0.25) is 0 Å². The number of aliphatic carboxylic acids is 1. The molecule has 10 heteroatoms. The molecule has 1 fully saturated rings. The van der Waals surface area contributed by atoms with Crippen molar-refractivity contribution in [3.63, 3.8) is 0 Å². The summed E-state index contributed by atoms with van der Waals surface area (Å²) >= 11 is 6.22. The van der Waals surface area contributed by atoms with Gasteiger partial charge in [-0.3, -0.25) is 9.58 Å². The predicted molar refractivity (Wildman–Crippen MR) is 116 cm³/mol. The van der Waals surface area contributed by atoms with Crippen molar-refractivity contribution in [3.05, 3.63) is 58.4 Å². The Morgan fingerprint density at radius 1 is 1.35 bits per heavy atom. The minimum absolute atomic E-state index is 0.0614. The first-order valence-corrected chi connectivity index (χ1v) is 12.4. The first-order chi connectivity index (χ1) is 14.6. The van der Waals surface area contributed by atoms with Gasteiger partial charge in [0.05, 0.1) is 24.6 Å². The van der Waals surface area contributed by atoms with E-state index in [4.69, 9.17) is 16.3 Å². The molecule has 0 amide bonds. The Labute approximate surface area is 186 Å². The Morgan fingerprint density at radius 3 is 2.77 bits per heavy atom. The molecule has 0 unspecified atom stereocenters. The number of piperidine rings is 1. The van der Waals surface area contributed by atoms with Gasteiger partial charge in [0.25, 0.3) is 0 Å². The predicted octanol–water partition coefficient (Wildman–Crippen LogP) is 2.53. The summed E-state index contributed by atoms with van der Waals surface area (Å²) in [6.07, 6.45) is 7.39. The molecule has 0 radical (unpaired) electrons. The van der Waals surface area contributed by atoms with E-state index >= 15 is 0 Å². The van der Waals surface area contributed by atoms with Crippen LogP contribution in [0, 0.1) is 0 Å². The third-order valence-corrected chi connectivity index (χ3v) is 6.90. The van der Waals surface area contributed by atoms with E-state index in [0.717, 1.165) is 35.9 Å². The molecule has 0 aliphatic carbocycles. The fourth-order valence-electron chi connectivity index (χ4n) is 4.22. The van der Waals surface area contributed by atoms with Gasteiger partial charge in [-0.05, 0) is 18.2 Å². The van der Waals surface area contributed by atoms with Gasteiger partial charge in [0.1, 0.15) is 21.2 Å². The van der Waals surface area contributed by atoms with Crippen LogP contribution in [0.2, 0.25) is 5.02 Å². The Balaban J connectivity index is 1.44. The van der Waals surface area contributed by atoms with Gasteiger partial charge in [-0.25, -0.2) is 13.2 Å². The summed E-state index contributed by atoms with van der Waals surface area (Å²) in [7, 11) is -3.03. The van der Waals surface area contributed by atoms with E-state index in [0.29, 0.717) is 36.7 Å². The number of fused-ring (bicyclic) bond motifs is 2. The number of carboxylic acid groups (broad SMARTS) is 1. The van der Waals surface area contributed by atoms with Gasteiger partial charge in [0.15, 0.2) is 0 Å². The topological polar surface area (TPSA) is 102 Å². The molecule has 2 aliphatic heterocycles. The average molecular weight is 466 g/mol. The second-order valence-electron chi connectivity index (χ2n) is 8.15. The minimum atomic E-state index is -3.03. The molecule has 0 saturated carbocycles. The molecule has 8 nitrogen and oxygen atoms in total. The van der Waals surface area contributed by atoms with Crippen LogP contribution in [0.25, 0.3) is 5.76 Å². The maximum absolute atomic E-state index is 11.3. The number of ether oxygens (including phenoxy) is 1. The molecule has 0 bridgehead atoms. The van der Waals surface area contributed by atoms with Crippen LogP contribution in [0.4, 0.5) is 0 Å². The molecule has 2 aliphatic rings. The van der Waals surface area contributed by atoms with Crippen LogP contribution in [-0.2, 0) is 38.1 Å². The maximum Gasteiger partial charge on any atom is 0.332 e. The van der Waals surface area contributed by atoms with Gasteiger partial charge in [-0.2, -0.15) is 5.10 Å². The van der Waals surface area contributed by atoms with E-state index in [1.807, 2.05) is 18.3 Å². The lowest BCUT2D eigenvalue weighted by molar-refractivity contribution is -0.131. The SMILES string of the molecule is CS(=O)(=O)CCn1cc(CN2CCC3(CC2)OC(=CC(=O)O)c2ccc(Cl)cc23)cn1. The van der Waals surface area contributed by atoms with Crippen molar-refractivity contribution >= 4 is 33.2 Å². The van der Waals surface area contributed by atoms with Crippen molar-refractivity contribution in [1.29, 1.82) is 0 Å². The van der Waals surface area contributed by atoms with E-state index in [1.54, 1.807) is 16.9 Å². The van der Waals surface area contributed by atoms with Crippen molar-refractivity contribution in [2.75, 3.05) is 25.1 Å². The zero-order valence-corrected chi connectivity index (χ0v) is 18.7. The maximum atomic E-state index is 11.3. The average Bonchev–Trinajstić information content (AvgIpc) is 3.24. The number of carbonyl (C=O) groups is 1. The Hall–Kier alpha value is -2.36. The number of benzene rings is 1. The number of aromatic nitrogens is 2. The lowest BCUT2D eigenvalue weighted by Crippen LogP contribution is -2.42. The first-order valence-electron chi connectivity index (χ1n) is 9.99. The number of likely N-dealkylation sites (tertiary alicyclic amines) is 1. The summed E-state index contributed by atoms with van der Waals surface area (Å²) in [6, 6.07) is 5.44. The molecule has 0 atom stereocenters. The van der Waals surface area contributed by atoms with Crippen molar-refractivity contribution in [3.8, 4) is 0 Å². The standard InChI is InChI=1S/C21H24ClN3O5S/c1-31(28,29)9-8-25-14-15(12-23-25)13-24-6-4-21(5-7-24)18-10-16(22)2-3-17(18)19(30-21)11-20(26)27/h2-3,10-12,14H,4-9,13H2,1H3,(H,26,27). The number of halogens is 1. The summed E-state index contributed by atoms with van der Waals surface area (Å²) in [6.45, 7) is 2.57. The van der Waals surface area contributed by atoms with E-state index in [1.165, 1.54) is 6.26 Å². The third-order valence-electron chi connectivity index (χ3n) is 5.75. The van der Waals surface area contributed by atoms with Crippen molar-refractivity contribution in [2.24, 2.45) is 0 Å². The molecule has 1 spiro atoms. The molecule has 1 N–H and O–H groups in total. The van der Waals surface area contributed by atoms with Crippen LogP contribution in [0.3, 0.4) is 0 Å². The molecular weight excluding hydrogens is 442 g/mol. The Kier molecular flexibility index (Phi) is 5.85. The number of sulfone groups is 1. The first kappa shape index (κ1) is 21.9. The highest BCUT2D eigenvalue weighted by Crippen LogP contribution is 2.49. The molecule has 1 saturated heterocycles. The van der Waals surface area contributed by atoms with Crippen LogP contribution in [0.15, 0.2) is 36.7 Å². The zero-order chi connectivity index (χ0) is 22.2. The van der Waals surface area contributed by atoms with E-state index in [-0.39, 0.29) is 5.75 Å². The summed E-state index contributed by atoms with van der Waals surface area (Å²) < 4.78 is 30.5. The fraction of sp³-hybridized carbons (Fsp3) is 0.429. The minimum Gasteiger partial charge on any atom is -0.482 e. The highest BCUT2D eigenvalue weighted by atomic mass is 35.5. The van der Waals surface area contributed by atoms with Gasteiger partial charge in [-0.15, -0.1) is 0 Å². The zero-order valence-electron chi connectivity index (χ0n) is 17.1. The molecule has 4 rings (SSSR count). The Bertz CT molecular complexity index is 1130. The summed E-state index contributed by atoms with van der Waals surface area (Å²) in [5.41, 5.74) is 2.18. The molecular formula is C21H24ClN3O5S. The third kappa shape index (κ3) is 4.94. The number of nitrogens with zero attached hydrogens (tertiary/aromatic N) is 3. The number of aryl methyl sites for hydroxylation is 1. The van der Waals surface area contributed by atoms with Crippen LogP contribution < -0.4 is 0 Å².